The molecule has 6 nitrogen and oxygen atoms in total. The lowest BCUT2D eigenvalue weighted by Crippen LogP contribution is -2.34. The van der Waals surface area contributed by atoms with Crippen molar-refractivity contribution in [2.24, 2.45) is 0 Å². The SMILES string of the molecule is CN1CC(=Cc2csnn2)C(=O)C(=Cc2csnn2)C1. The lowest BCUT2D eigenvalue weighted by atomic mass is 9.96. The van der Waals surface area contributed by atoms with Crippen molar-refractivity contribution in [2.45, 2.75) is 0 Å². The maximum atomic E-state index is 12.5. The van der Waals surface area contributed by atoms with E-state index >= 15 is 0 Å². The van der Waals surface area contributed by atoms with Gasteiger partial charge in [0.15, 0.2) is 5.78 Å². The normalized spacial score (nSPS) is 20.9. The average molecular weight is 305 g/mol. The van der Waals surface area contributed by atoms with Crippen LogP contribution in [0.2, 0.25) is 0 Å². The summed E-state index contributed by atoms with van der Waals surface area (Å²) in [5, 5.41) is 11.5. The van der Waals surface area contributed by atoms with Gasteiger partial charge >= 0.3 is 0 Å². The van der Waals surface area contributed by atoms with Crippen LogP contribution in [-0.4, -0.2) is 50.0 Å². The first kappa shape index (κ1) is 13.2. The summed E-state index contributed by atoms with van der Waals surface area (Å²) in [5.41, 5.74) is 2.90. The Morgan fingerprint density at radius 2 is 1.55 bits per heavy atom. The summed E-state index contributed by atoms with van der Waals surface area (Å²) in [4.78, 5) is 14.6. The van der Waals surface area contributed by atoms with Crippen molar-refractivity contribution in [3.63, 3.8) is 0 Å². The quantitative estimate of drug-likeness (QED) is 0.780. The van der Waals surface area contributed by atoms with Crippen LogP contribution in [0.3, 0.4) is 0 Å². The van der Waals surface area contributed by atoms with E-state index < -0.39 is 0 Å². The maximum absolute atomic E-state index is 12.5. The van der Waals surface area contributed by atoms with Gasteiger partial charge < -0.3 is 0 Å². The summed E-state index contributed by atoms with van der Waals surface area (Å²) in [5.74, 6) is 0.0455. The van der Waals surface area contributed by atoms with Gasteiger partial charge in [-0.2, -0.15) is 0 Å². The van der Waals surface area contributed by atoms with Crippen molar-refractivity contribution >= 4 is 41.0 Å². The van der Waals surface area contributed by atoms with Crippen LogP contribution in [-0.2, 0) is 4.79 Å². The fraction of sp³-hybridized carbons (Fsp3) is 0.250. The van der Waals surface area contributed by atoms with E-state index in [0.29, 0.717) is 13.1 Å². The Morgan fingerprint density at radius 1 is 1.05 bits per heavy atom. The number of carbonyl (C=O) groups is 1. The first-order chi connectivity index (χ1) is 9.72. The predicted molar refractivity (Wildman–Crippen MR) is 78.3 cm³/mol. The minimum Gasteiger partial charge on any atom is -0.298 e. The van der Waals surface area contributed by atoms with Crippen molar-refractivity contribution in [1.29, 1.82) is 0 Å². The highest BCUT2D eigenvalue weighted by Gasteiger charge is 2.24. The number of piperidine rings is 1. The van der Waals surface area contributed by atoms with E-state index in [1.807, 2.05) is 17.8 Å². The van der Waals surface area contributed by atoms with Gasteiger partial charge in [0.1, 0.15) is 0 Å². The molecule has 102 valence electrons. The molecule has 1 aliphatic rings. The number of likely N-dealkylation sites (N-methyl/N-ethyl adjacent to an activating group) is 1. The molecule has 0 aromatic carbocycles. The topological polar surface area (TPSA) is 71.9 Å². The van der Waals surface area contributed by atoms with Gasteiger partial charge in [-0.15, -0.1) is 10.2 Å². The molecular formula is C12H11N5OS2. The Bertz CT molecular complexity index is 604. The van der Waals surface area contributed by atoms with Crippen LogP contribution in [0.5, 0.6) is 0 Å². The fourth-order valence-corrected chi connectivity index (χ4v) is 2.86. The number of Topliss-reactive ketones (excluding diaryl/α,β-unsaturated/α-hetero) is 1. The Labute approximate surface area is 123 Å². The predicted octanol–water partition coefficient (Wildman–Crippen LogP) is 1.37. The summed E-state index contributed by atoms with van der Waals surface area (Å²) in [7, 11) is 1.98. The Balaban J connectivity index is 1.92. The maximum Gasteiger partial charge on any atom is 0.187 e. The molecule has 8 heteroatoms. The second-order valence-electron chi connectivity index (χ2n) is 4.50. The summed E-state index contributed by atoms with van der Waals surface area (Å²) in [6.07, 6.45) is 3.60. The Morgan fingerprint density at radius 3 is 1.95 bits per heavy atom. The number of carbonyl (C=O) groups excluding carboxylic acids is 1. The van der Waals surface area contributed by atoms with E-state index in [0.717, 1.165) is 22.5 Å². The Hall–Kier alpha value is -1.77. The third kappa shape index (κ3) is 2.87. The van der Waals surface area contributed by atoms with Crippen LogP contribution in [0.1, 0.15) is 11.4 Å². The molecular weight excluding hydrogens is 294 g/mol. The lowest BCUT2D eigenvalue weighted by Gasteiger charge is -2.25. The molecule has 0 radical (unpaired) electrons. The minimum atomic E-state index is 0.0455. The molecule has 0 amide bonds. The van der Waals surface area contributed by atoms with Gasteiger partial charge in [0.25, 0.3) is 0 Å². The van der Waals surface area contributed by atoms with Gasteiger partial charge in [-0.25, -0.2) is 0 Å². The molecule has 2 aromatic rings. The molecule has 0 bridgehead atoms. The van der Waals surface area contributed by atoms with Crippen molar-refractivity contribution in [2.75, 3.05) is 20.1 Å². The van der Waals surface area contributed by atoms with E-state index in [2.05, 4.69) is 24.1 Å². The molecule has 3 rings (SSSR count). The number of ketones is 1. The zero-order valence-corrected chi connectivity index (χ0v) is 12.3. The highest BCUT2D eigenvalue weighted by molar-refractivity contribution is 7.03. The number of aromatic nitrogens is 4. The van der Waals surface area contributed by atoms with Gasteiger partial charge in [0.2, 0.25) is 0 Å². The number of rotatable bonds is 2. The van der Waals surface area contributed by atoms with Gasteiger partial charge in [-0.05, 0) is 42.3 Å². The molecule has 1 aliphatic heterocycles. The molecule has 0 saturated carbocycles. The van der Waals surface area contributed by atoms with Gasteiger partial charge in [-0.3, -0.25) is 9.69 Å². The molecule has 0 atom stereocenters. The molecule has 20 heavy (non-hydrogen) atoms. The van der Waals surface area contributed by atoms with Crippen LogP contribution in [0, 0.1) is 0 Å². The zero-order chi connectivity index (χ0) is 13.9. The molecule has 1 fully saturated rings. The Kier molecular flexibility index (Phi) is 3.77. The number of nitrogens with zero attached hydrogens (tertiary/aromatic N) is 5. The summed E-state index contributed by atoms with van der Waals surface area (Å²) in [6.45, 7) is 1.23. The van der Waals surface area contributed by atoms with Gasteiger partial charge in [-0.1, -0.05) is 8.98 Å². The van der Waals surface area contributed by atoms with Crippen molar-refractivity contribution in [3.05, 3.63) is 33.3 Å². The number of likely N-dealkylation sites (tertiary alicyclic amines) is 1. The highest BCUT2D eigenvalue weighted by atomic mass is 32.1. The summed E-state index contributed by atoms with van der Waals surface area (Å²) in [6, 6.07) is 0. The first-order valence-electron chi connectivity index (χ1n) is 5.91. The smallest absolute Gasteiger partial charge is 0.187 e. The van der Waals surface area contributed by atoms with Crippen molar-refractivity contribution < 1.29 is 4.79 Å². The third-order valence-electron chi connectivity index (χ3n) is 2.86. The third-order valence-corrected chi connectivity index (χ3v) is 3.91. The monoisotopic (exact) mass is 305 g/mol. The highest BCUT2D eigenvalue weighted by Crippen LogP contribution is 2.20. The molecule has 0 unspecified atom stereocenters. The molecule has 0 spiro atoms. The van der Waals surface area contributed by atoms with E-state index in [4.69, 9.17) is 0 Å². The minimum absolute atomic E-state index is 0.0455. The second-order valence-corrected chi connectivity index (χ2v) is 5.72. The number of hydrogen-bond acceptors (Lipinski definition) is 8. The van der Waals surface area contributed by atoms with E-state index in [1.165, 1.54) is 23.1 Å². The molecule has 3 heterocycles. The fourth-order valence-electron chi connectivity index (χ4n) is 2.04. The molecule has 1 saturated heterocycles. The standard InChI is InChI=1S/C12H11N5OS2/c1-17-4-8(2-10-6-19-15-13-10)12(18)9(5-17)3-11-7-20-16-14-11/h2-3,6-7H,4-5H2,1H3. The largest absolute Gasteiger partial charge is 0.298 e. The van der Waals surface area contributed by atoms with Crippen molar-refractivity contribution in [1.82, 2.24) is 24.1 Å². The molecule has 0 N–H and O–H groups in total. The van der Waals surface area contributed by atoms with Crippen LogP contribution in [0.15, 0.2) is 21.9 Å². The van der Waals surface area contributed by atoms with Crippen LogP contribution in [0.25, 0.3) is 12.2 Å². The summed E-state index contributed by atoms with van der Waals surface area (Å²) < 4.78 is 7.60. The van der Waals surface area contributed by atoms with Gasteiger partial charge in [0, 0.05) is 35.0 Å². The van der Waals surface area contributed by atoms with Crippen LogP contribution in [0.4, 0.5) is 0 Å². The van der Waals surface area contributed by atoms with E-state index in [1.54, 1.807) is 12.2 Å². The summed E-state index contributed by atoms with van der Waals surface area (Å²) >= 11 is 2.55. The molecule has 0 aliphatic carbocycles. The van der Waals surface area contributed by atoms with E-state index in [9.17, 15) is 4.79 Å². The zero-order valence-electron chi connectivity index (χ0n) is 10.7. The van der Waals surface area contributed by atoms with Crippen LogP contribution >= 0.6 is 23.1 Å². The average Bonchev–Trinajstić information content (AvgIpc) is 3.08. The second kappa shape index (κ2) is 5.70. The van der Waals surface area contributed by atoms with Crippen molar-refractivity contribution in [3.8, 4) is 0 Å². The first-order valence-corrected chi connectivity index (χ1v) is 7.58. The lowest BCUT2D eigenvalue weighted by molar-refractivity contribution is -0.113. The number of hydrogen-bond donors (Lipinski definition) is 0. The van der Waals surface area contributed by atoms with Crippen LogP contribution < -0.4 is 0 Å². The van der Waals surface area contributed by atoms with E-state index in [-0.39, 0.29) is 5.78 Å². The molecule has 2 aromatic heterocycles. The van der Waals surface area contributed by atoms with Gasteiger partial charge in [0.05, 0.1) is 11.4 Å².